The van der Waals surface area contributed by atoms with E-state index >= 15 is 0 Å². The third-order valence-electron chi connectivity index (χ3n) is 13.4. The molecule has 16 heteroatoms. The molecule has 3 aliphatic rings. The van der Waals surface area contributed by atoms with Gasteiger partial charge in [-0.05, 0) is 81.6 Å². The Bertz CT molecular complexity index is 2640. The van der Waals surface area contributed by atoms with Gasteiger partial charge >= 0.3 is 15.5 Å². The van der Waals surface area contributed by atoms with E-state index in [9.17, 15) is 26.4 Å². The Hall–Kier alpha value is -5.97. The number of rotatable bonds is 18. The van der Waals surface area contributed by atoms with Crippen LogP contribution in [0.15, 0.2) is 91.0 Å². The van der Waals surface area contributed by atoms with Crippen molar-refractivity contribution in [2.75, 3.05) is 66.1 Å². The van der Waals surface area contributed by atoms with Gasteiger partial charge in [-0.2, -0.15) is 21.6 Å². The number of sulfonamides is 1. The molecule has 2 heterocycles. The first kappa shape index (κ1) is 57.7. The molecule has 0 spiro atoms. The summed E-state index contributed by atoms with van der Waals surface area (Å²) < 4.78 is 119. The minimum Gasteiger partial charge on any atom is -0.493 e. The molecule has 0 aromatic heterocycles. The molecular weight excluding hydrogens is 1000 g/mol. The number of unbranched alkanes of at least 4 members (excludes halogenated alkanes) is 10. The summed E-state index contributed by atoms with van der Waals surface area (Å²) in [5.74, 6) is 1.99. The third kappa shape index (κ3) is 16.8. The first-order valence-corrected chi connectivity index (χ1v) is 28.6. The molecule has 5 aromatic carbocycles. The number of carbonyl (C=O) groups is 1. The standard InChI is InChI=1S/C60H74F3NO11S/c1-3-5-7-9-11-15-28-72-55-44-20-18-24-48(55)40-50-42-52(59(65)64-76(66,67)60(61,62)63)43-51-41-49-25-19-21-45(56(49)73-29-16-12-10-8-6-4-2)39-47-23-17-22-46(38-44)57(47)74-36-32-68-30-34-70-53-26-13-14-27-54(53)71-35-31-69-33-37-75-58(50)51/h13-14,17-27,42-43H,3-12,15-16,28-41H2,1-2H3,(H,64,65). The van der Waals surface area contributed by atoms with E-state index in [0.29, 0.717) is 79.1 Å². The lowest BCUT2D eigenvalue weighted by Crippen LogP contribution is -2.40. The van der Waals surface area contributed by atoms with E-state index in [4.69, 9.17) is 37.9 Å². The molecule has 0 saturated carbocycles. The average molecular weight is 1070 g/mol. The highest BCUT2D eigenvalue weighted by molar-refractivity contribution is 7.90. The number of para-hydroxylation sites is 5. The number of fused-ring (bicyclic) bond motifs is 12. The minimum absolute atomic E-state index is 0.0357. The third-order valence-corrected chi connectivity index (χ3v) is 14.4. The van der Waals surface area contributed by atoms with Gasteiger partial charge in [0.1, 0.15) is 49.4 Å². The summed E-state index contributed by atoms with van der Waals surface area (Å²) in [5, 5.41) is 0. The summed E-state index contributed by atoms with van der Waals surface area (Å²) in [5.41, 5.74) is -0.181. The summed E-state index contributed by atoms with van der Waals surface area (Å²) in [7, 11) is -6.07. The maximum absolute atomic E-state index is 13.9. The Morgan fingerprint density at radius 2 is 0.855 bits per heavy atom. The first-order valence-electron chi connectivity index (χ1n) is 27.1. The van der Waals surface area contributed by atoms with Crippen LogP contribution in [0.25, 0.3) is 0 Å². The van der Waals surface area contributed by atoms with Crippen molar-refractivity contribution in [1.29, 1.82) is 0 Å². The zero-order valence-electron chi connectivity index (χ0n) is 44.1. The fourth-order valence-corrected chi connectivity index (χ4v) is 10.0. The average Bonchev–Trinajstić information content (AvgIpc) is 3.42. The summed E-state index contributed by atoms with van der Waals surface area (Å²) >= 11 is 0. The van der Waals surface area contributed by atoms with Gasteiger partial charge in [0, 0.05) is 31.2 Å². The van der Waals surface area contributed by atoms with E-state index < -0.39 is 21.4 Å². The Morgan fingerprint density at radius 3 is 1.28 bits per heavy atom. The second-order valence-corrected chi connectivity index (χ2v) is 20.9. The van der Waals surface area contributed by atoms with Crippen LogP contribution in [0.2, 0.25) is 0 Å². The lowest BCUT2D eigenvalue weighted by atomic mass is 9.90. The van der Waals surface area contributed by atoms with Crippen LogP contribution < -0.4 is 33.1 Å². The molecule has 0 unspecified atom stereocenters. The van der Waals surface area contributed by atoms with E-state index in [1.54, 1.807) is 0 Å². The molecule has 1 N–H and O–H groups in total. The van der Waals surface area contributed by atoms with Crippen molar-refractivity contribution in [2.45, 2.75) is 122 Å². The zero-order chi connectivity index (χ0) is 53.6. The van der Waals surface area contributed by atoms with Crippen molar-refractivity contribution in [2.24, 2.45) is 0 Å². The van der Waals surface area contributed by atoms with Gasteiger partial charge in [0.15, 0.2) is 11.5 Å². The quantitative estimate of drug-likeness (QED) is 0.0650. The first-order chi connectivity index (χ1) is 37.0. The fourth-order valence-electron chi connectivity index (χ4n) is 9.53. The lowest BCUT2D eigenvalue weighted by molar-refractivity contribution is -0.0446. The van der Waals surface area contributed by atoms with Crippen LogP contribution in [-0.4, -0.2) is 85.9 Å². The van der Waals surface area contributed by atoms with E-state index in [1.165, 1.54) is 16.9 Å². The highest BCUT2D eigenvalue weighted by Gasteiger charge is 2.47. The molecular formula is C60H74F3NO11S. The van der Waals surface area contributed by atoms with Crippen molar-refractivity contribution >= 4 is 15.9 Å². The second-order valence-electron chi connectivity index (χ2n) is 19.2. The van der Waals surface area contributed by atoms with Crippen molar-refractivity contribution in [1.82, 2.24) is 4.72 Å². The topological polar surface area (TPSA) is 137 Å². The summed E-state index contributed by atoms with van der Waals surface area (Å²) in [6.07, 6.45) is 13.6. The van der Waals surface area contributed by atoms with Crippen LogP contribution in [0, 0.1) is 0 Å². The molecule has 1 amide bonds. The number of nitrogens with one attached hydrogen (secondary N) is 1. The summed E-state index contributed by atoms with van der Waals surface area (Å²) in [4.78, 5) is 13.9. The summed E-state index contributed by atoms with van der Waals surface area (Å²) in [6, 6.07) is 28.0. The van der Waals surface area contributed by atoms with Crippen molar-refractivity contribution in [3.63, 3.8) is 0 Å². The van der Waals surface area contributed by atoms with Crippen molar-refractivity contribution < 1.29 is 64.3 Å². The maximum atomic E-state index is 13.9. The van der Waals surface area contributed by atoms with Gasteiger partial charge in [-0.25, -0.2) is 4.72 Å². The molecule has 5 aromatic rings. The van der Waals surface area contributed by atoms with Crippen molar-refractivity contribution in [3.8, 4) is 34.5 Å². The number of alkyl halides is 3. The molecule has 0 radical (unpaired) electrons. The summed E-state index contributed by atoms with van der Waals surface area (Å²) in [6.45, 7) is 6.93. The number of carbonyl (C=O) groups excluding carboxylic acids is 1. The normalized spacial score (nSPS) is 14.7. The molecule has 12 nitrogen and oxygen atoms in total. The predicted molar refractivity (Wildman–Crippen MR) is 287 cm³/mol. The van der Waals surface area contributed by atoms with E-state index in [2.05, 4.69) is 26.0 Å². The molecule has 2 aliphatic heterocycles. The van der Waals surface area contributed by atoms with Gasteiger partial charge in [0.05, 0.1) is 39.6 Å². The van der Waals surface area contributed by atoms with Gasteiger partial charge in [0.25, 0.3) is 5.91 Å². The Morgan fingerprint density at radius 1 is 0.487 bits per heavy atom. The van der Waals surface area contributed by atoms with Crippen LogP contribution in [0.3, 0.4) is 0 Å². The van der Waals surface area contributed by atoms with Gasteiger partial charge < -0.3 is 37.9 Å². The van der Waals surface area contributed by atoms with E-state index in [-0.39, 0.29) is 58.0 Å². The highest BCUT2D eigenvalue weighted by Crippen LogP contribution is 2.40. The van der Waals surface area contributed by atoms with E-state index in [0.717, 1.165) is 116 Å². The molecule has 0 saturated heterocycles. The van der Waals surface area contributed by atoms with Crippen molar-refractivity contribution in [3.05, 3.63) is 141 Å². The van der Waals surface area contributed by atoms with Gasteiger partial charge in [-0.1, -0.05) is 145 Å². The molecule has 412 valence electrons. The highest BCUT2D eigenvalue weighted by atomic mass is 32.2. The SMILES string of the molecule is CCCCCCCCOc1c2cccc1Cc1cc(C(=O)NS(=O)(=O)C(F)(F)F)cc3c1OCCOCCOc1ccccc1OCCOCCOc1c(cccc1Cc1cccc(c1OCCCCCCCC)C3)C2. The predicted octanol–water partition coefficient (Wildman–Crippen LogP) is 12.7. The lowest BCUT2D eigenvalue weighted by Gasteiger charge is -2.23. The van der Waals surface area contributed by atoms with Gasteiger partial charge in [0.2, 0.25) is 0 Å². The number of ether oxygens (including phenoxy) is 8. The Balaban J connectivity index is 1.38. The number of hydrogen-bond donors (Lipinski definition) is 1. The number of hydrogen-bond acceptors (Lipinski definition) is 11. The molecule has 8 rings (SSSR count). The number of halogens is 3. The largest absolute Gasteiger partial charge is 0.516 e. The number of benzene rings is 5. The molecule has 10 bridgehead atoms. The Labute approximate surface area is 446 Å². The zero-order valence-corrected chi connectivity index (χ0v) is 44.9. The van der Waals surface area contributed by atoms with Crippen LogP contribution in [-0.2, 0) is 45.2 Å². The fraction of sp³-hybridized carbons (Fsp3) is 0.483. The van der Waals surface area contributed by atoms with Crippen LogP contribution >= 0.6 is 0 Å². The number of amides is 1. The van der Waals surface area contributed by atoms with Crippen LogP contribution in [0.4, 0.5) is 13.2 Å². The maximum Gasteiger partial charge on any atom is 0.516 e. The molecule has 76 heavy (non-hydrogen) atoms. The van der Waals surface area contributed by atoms with Crippen LogP contribution in [0.1, 0.15) is 146 Å². The van der Waals surface area contributed by atoms with Crippen LogP contribution in [0.5, 0.6) is 34.5 Å². The van der Waals surface area contributed by atoms with E-state index in [1.807, 2.05) is 66.7 Å². The minimum atomic E-state index is -6.07. The molecule has 0 fully saturated rings. The second kappa shape index (κ2) is 29.5. The Kier molecular flexibility index (Phi) is 22.4. The van der Waals surface area contributed by atoms with Gasteiger partial charge in [-0.3, -0.25) is 4.79 Å². The smallest absolute Gasteiger partial charge is 0.493 e. The van der Waals surface area contributed by atoms with Gasteiger partial charge in [-0.15, -0.1) is 0 Å². The molecule has 0 atom stereocenters. The monoisotopic (exact) mass is 1070 g/mol. The molecule has 1 aliphatic carbocycles.